The summed E-state index contributed by atoms with van der Waals surface area (Å²) in [6, 6.07) is 0. The minimum absolute atomic E-state index is 0.103. The number of carbonyl (C=O) groups is 4. The van der Waals surface area contributed by atoms with Crippen molar-refractivity contribution >= 4 is 39.5 Å². The van der Waals surface area contributed by atoms with Crippen molar-refractivity contribution in [3.05, 3.63) is 0 Å². The Morgan fingerprint density at radius 1 is 0.354 bits per heavy atom. The van der Waals surface area contributed by atoms with Crippen LogP contribution in [0.25, 0.3) is 0 Å². The van der Waals surface area contributed by atoms with E-state index in [0.29, 0.717) is 31.6 Å². The van der Waals surface area contributed by atoms with Gasteiger partial charge in [-0.2, -0.15) is 0 Å². The van der Waals surface area contributed by atoms with Crippen LogP contribution in [-0.2, 0) is 65.4 Å². The number of rotatable bonds is 62. The van der Waals surface area contributed by atoms with E-state index >= 15 is 0 Å². The average Bonchev–Trinajstić information content (AvgIpc) is 3.44. The van der Waals surface area contributed by atoms with Crippen molar-refractivity contribution in [1.29, 1.82) is 0 Å². The van der Waals surface area contributed by atoms with Crippen molar-refractivity contribution in [3.8, 4) is 0 Å². The summed E-state index contributed by atoms with van der Waals surface area (Å²) < 4.78 is 67.9. The van der Waals surface area contributed by atoms with Gasteiger partial charge in [0.2, 0.25) is 0 Å². The molecule has 0 saturated carbocycles. The summed E-state index contributed by atoms with van der Waals surface area (Å²) in [6.07, 6.45) is 37.6. The third kappa shape index (κ3) is 55.9. The van der Waals surface area contributed by atoms with Gasteiger partial charge in [-0.1, -0.05) is 260 Å². The Kier molecular flexibility index (Phi) is 54.3. The zero-order valence-electron chi connectivity index (χ0n) is 52.8. The fourth-order valence-corrected chi connectivity index (χ4v) is 10.9. The summed E-state index contributed by atoms with van der Waals surface area (Å²) >= 11 is 0. The fraction of sp³-hybridized carbons (Fsp3) is 0.937. The van der Waals surface area contributed by atoms with E-state index in [0.717, 1.165) is 109 Å². The molecule has 0 heterocycles. The lowest BCUT2D eigenvalue weighted by atomic mass is 9.99. The molecular weight excluding hydrogens is 1090 g/mol. The predicted molar refractivity (Wildman–Crippen MR) is 326 cm³/mol. The van der Waals surface area contributed by atoms with Crippen LogP contribution in [0.1, 0.15) is 311 Å². The molecule has 486 valence electrons. The Balaban J connectivity index is 5.22. The van der Waals surface area contributed by atoms with Crippen molar-refractivity contribution in [2.45, 2.75) is 330 Å². The molecule has 0 fully saturated rings. The van der Waals surface area contributed by atoms with Gasteiger partial charge in [0.15, 0.2) is 12.2 Å². The molecule has 19 heteroatoms. The topological polar surface area (TPSA) is 237 Å². The molecule has 0 saturated heterocycles. The molecule has 0 aromatic heterocycles. The molecule has 0 aliphatic carbocycles. The van der Waals surface area contributed by atoms with Crippen LogP contribution in [0.15, 0.2) is 0 Å². The van der Waals surface area contributed by atoms with Gasteiger partial charge in [-0.3, -0.25) is 37.3 Å². The normalized spacial score (nSPS) is 14.7. The molecule has 0 rings (SSSR count). The summed E-state index contributed by atoms with van der Waals surface area (Å²) in [5.74, 6) is -0.641. The number of phosphoric ester groups is 2. The summed E-state index contributed by atoms with van der Waals surface area (Å²) in [4.78, 5) is 72.0. The van der Waals surface area contributed by atoms with Gasteiger partial charge in [-0.05, 0) is 37.5 Å². The first-order chi connectivity index (χ1) is 39.4. The lowest BCUT2D eigenvalue weighted by Crippen LogP contribution is -2.30. The summed E-state index contributed by atoms with van der Waals surface area (Å²) in [7, 11) is -9.88. The maximum Gasteiger partial charge on any atom is 0.472 e. The average molecular weight is 1210 g/mol. The van der Waals surface area contributed by atoms with Crippen molar-refractivity contribution in [2.24, 2.45) is 11.8 Å². The number of aliphatic hydroxyl groups is 1. The molecule has 0 amide bonds. The Bertz CT molecular complexity index is 1620. The fourth-order valence-electron chi connectivity index (χ4n) is 9.32. The number of aliphatic hydroxyl groups excluding tert-OH is 1. The van der Waals surface area contributed by atoms with E-state index in [-0.39, 0.29) is 25.7 Å². The van der Waals surface area contributed by atoms with E-state index in [1.807, 2.05) is 0 Å². The van der Waals surface area contributed by atoms with Gasteiger partial charge in [0.25, 0.3) is 0 Å². The van der Waals surface area contributed by atoms with E-state index in [4.69, 9.17) is 37.0 Å². The first-order valence-electron chi connectivity index (χ1n) is 33.0. The Hall–Kier alpha value is -1.94. The van der Waals surface area contributed by atoms with Gasteiger partial charge in [0.05, 0.1) is 26.4 Å². The van der Waals surface area contributed by atoms with Crippen LogP contribution in [0.5, 0.6) is 0 Å². The second kappa shape index (κ2) is 55.6. The summed E-state index contributed by atoms with van der Waals surface area (Å²) in [5, 5.41) is 10.5. The SMILES string of the molecule is CCCCCCCCCCCCCC(=O)OC[C@H](COP(=O)(O)OC[C@@H](O)COP(=O)(O)OC[C@@H](COC(=O)CCCCCCCCC)OC(=O)CCCCCCCCCC(C)C)OC(=O)CCCCCCCCCCCCC(C)CC. The Labute approximate surface area is 498 Å². The van der Waals surface area contributed by atoms with Gasteiger partial charge < -0.3 is 33.8 Å². The van der Waals surface area contributed by atoms with Crippen LogP contribution in [0, 0.1) is 11.8 Å². The Morgan fingerprint density at radius 2 is 0.622 bits per heavy atom. The zero-order valence-corrected chi connectivity index (χ0v) is 54.6. The van der Waals surface area contributed by atoms with Crippen molar-refractivity contribution < 1.29 is 80.2 Å². The second-order valence-electron chi connectivity index (χ2n) is 23.5. The number of phosphoric acid groups is 2. The molecule has 0 aromatic carbocycles. The van der Waals surface area contributed by atoms with Gasteiger partial charge in [-0.15, -0.1) is 0 Å². The molecular formula is C63H122O17P2. The van der Waals surface area contributed by atoms with Gasteiger partial charge in [0, 0.05) is 25.7 Å². The largest absolute Gasteiger partial charge is 0.472 e. The summed E-state index contributed by atoms with van der Waals surface area (Å²) in [5.41, 5.74) is 0. The molecule has 0 radical (unpaired) electrons. The molecule has 82 heavy (non-hydrogen) atoms. The highest BCUT2D eigenvalue weighted by atomic mass is 31.2. The second-order valence-corrected chi connectivity index (χ2v) is 26.4. The Morgan fingerprint density at radius 3 is 0.927 bits per heavy atom. The van der Waals surface area contributed by atoms with E-state index < -0.39 is 97.5 Å². The van der Waals surface area contributed by atoms with Crippen LogP contribution in [0.2, 0.25) is 0 Å². The minimum Gasteiger partial charge on any atom is -0.462 e. The van der Waals surface area contributed by atoms with Crippen molar-refractivity contribution in [3.63, 3.8) is 0 Å². The standard InChI is InChI=1S/C63H122O17P2/c1-7-10-12-14-16-17-18-22-28-34-40-46-61(66)74-52-59(79-62(67)47-41-35-29-23-20-19-21-27-32-38-44-56(6)9-3)54-78-82(71,72)76-50-57(64)49-75-81(69,70)77-53-58(51-73-60(65)45-39-33-25-15-13-11-8-2)80-63(68)48-42-36-30-24-26-31-37-43-55(4)5/h55-59,64H,7-54H2,1-6H3,(H,69,70)(H,71,72)/t56?,57-,58+,59+/m0/s1. The van der Waals surface area contributed by atoms with E-state index in [1.54, 1.807) is 0 Å². The van der Waals surface area contributed by atoms with E-state index in [1.165, 1.54) is 116 Å². The molecule has 3 N–H and O–H groups in total. The number of carbonyl (C=O) groups excluding carboxylic acids is 4. The van der Waals surface area contributed by atoms with Gasteiger partial charge >= 0.3 is 39.5 Å². The van der Waals surface area contributed by atoms with E-state index in [9.17, 15) is 43.2 Å². The van der Waals surface area contributed by atoms with Crippen LogP contribution in [-0.4, -0.2) is 96.7 Å². The smallest absolute Gasteiger partial charge is 0.462 e. The number of hydrogen-bond acceptors (Lipinski definition) is 15. The maximum atomic E-state index is 13.0. The summed E-state index contributed by atoms with van der Waals surface area (Å²) in [6.45, 7) is 9.41. The van der Waals surface area contributed by atoms with Gasteiger partial charge in [0.1, 0.15) is 19.3 Å². The molecule has 0 bridgehead atoms. The molecule has 17 nitrogen and oxygen atoms in total. The highest BCUT2D eigenvalue weighted by Crippen LogP contribution is 2.45. The highest BCUT2D eigenvalue weighted by molar-refractivity contribution is 7.47. The maximum absolute atomic E-state index is 13.0. The number of unbranched alkanes of at least 4 members (excludes halogenated alkanes) is 31. The number of hydrogen-bond donors (Lipinski definition) is 3. The van der Waals surface area contributed by atoms with Gasteiger partial charge in [-0.25, -0.2) is 9.13 Å². The lowest BCUT2D eigenvalue weighted by Gasteiger charge is -2.21. The van der Waals surface area contributed by atoms with Crippen LogP contribution in [0.4, 0.5) is 0 Å². The first kappa shape index (κ1) is 80.1. The molecule has 6 atom stereocenters. The van der Waals surface area contributed by atoms with Crippen LogP contribution < -0.4 is 0 Å². The third-order valence-corrected chi connectivity index (χ3v) is 16.7. The third-order valence-electron chi connectivity index (χ3n) is 14.8. The van der Waals surface area contributed by atoms with Crippen LogP contribution in [0.3, 0.4) is 0 Å². The lowest BCUT2D eigenvalue weighted by molar-refractivity contribution is -0.161. The molecule has 0 spiro atoms. The highest BCUT2D eigenvalue weighted by Gasteiger charge is 2.30. The zero-order chi connectivity index (χ0) is 60.8. The van der Waals surface area contributed by atoms with Crippen molar-refractivity contribution in [1.82, 2.24) is 0 Å². The predicted octanol–water partition coefficient (Wildman–Crippen LogP) is 17.3. The first-order valence-corrected chi connectivity index (χ1v) is 36.0. The van der Waals surface area contributed by atoms with Crippen molar-refractivity contribution in [2.75, 3.05) is 39.6 Å². The number of ether oxygens (including phenoxy) is 4. The molecule has 3 unspecified atom stereocenters. The number of esters is 4. The molecule has 0 aliphatic heterocycles. The van der Waals surface area contributed by atoms with Crippen LogP contribution >= 0.6 is 15.6 Å². The monoisotopic (exact) mass is 1210 g/mol. The molecule has 0 aliphatic rings. The van der Waals surface area contributed by atoms with E-state index in [2.05, 4.69) is 41.5 Å². The molecule has 0 aromatic rings. The minimum atomic E-state index is -4.94. The quantitative estimate of drug-likeness (QED) is 0.0222.